The van der Waals surface area contributed by atoms with Crippen molar-refractivity contribution < 1.29 is 72.7 Å². The van der Waals surface area contributed by atoms with Crippen molar-refractivity contribution in [2.75, 3.05) is 57.3 Å². The molecular weight excluding hydrogens is 923 g/mol. The van der Waals surface area contributed by atoms with Crippen LogP contribution in [0.4, 0.5) is 5.69 Å². The van der Waals surface area contributed by atoms with Crippen LogP contribution in [0.15, 0.2) is 93.3 Å². The van der Waals surface area contributed by atoms with Crippen molar-refractivity contribution in [3.8, 4) is 0 Å². The van der Waals surface area contributed by atoms with Crippen LogP contribution in [-0.2, 0) is 69.9 Å². The van der Waals surface area contributed by atoms with E-state index in [4.69, 9.17) is 14.3 Å². The zero-order valence-corrected chi connectivity index (χ0v) is 39.8. The minimum atomic E-state index is -4.65. The maximum Gasteiger partial charge on any atom is 0.335 e. The summed E-state index contributed by atoms with van der Waals surface area (Å²) in [6.45, 7) is 7.00. The average Bonchev–Trinajstić information content (AvgIpc) is 3.66. The lowest BCUT2D eigenvalue weighted by atomic mass is 9.72. The van der Waals surface area contributed by atoms with E-state index in [0.717, 1.165) is 0 Å². The number of rotatable bonds is 24. The molecular formula is C44H57N3O16S3. The molecule has 2 aliphatic heterocycles. The molecule has 4 N–H and O–H groups in total. The van der Waals surface area contributed by atoms with Gasteiger partial charge in [0.15, 0.2) is 0 Å². The van der Waals surface area contributed by atoms with Gasteiger partial charge >= 0.3 is 5.97 Å². The molecule has 2 aliphatic rings. The van der Waals surface area contributed by atoms with E-state index in [1.807, 2.05) is 17.9 Å². The third-order valence-electron chi connectivity index (χ3n) is 11.3. The molecule has 2 amide bonds. The number of nitrogens with zero attached hydrogens (tertiary/aromatic N) is 3. The van der Waals surface area contributed by atoms with Gasteiger partial charge in [-0.25, -0.2) is 4.79 Å². The Hall–Kier alpha value is -4.91. The van der Waals surface area contributed by atoms with Crippen molar-refractivity contribution in [1.29, 1.82) is 0 Å². The summed E-state index contributed by atoms with van der Waals surface area (Å²) in [5, 5.41) is 10.2. The van der Waals surface area contributed by atoms with Gasteiger partial charge in [-0.3, -0.25) is 28.2 Å². The molecule has 362 valence electrons. The molecule has 2 atom stereocenters. The van der Waals surface area contributed by atoms with Gasteiger partial charge in [0.05, 0.1) is 48.3 Å². The molecule has 0 aromatic heterocycles. The van der Waals surface area contributed by atoms with Crippen LogP contribution in [-0.4, -0.2) is 125 Å². The number of ether oxygens (including phenoxy) is 2. The lowest BCUT2D eigenvalue weighted by Crippen LogP contribution is -2.34. The molecule has 2 unspecified atom stereocenters. The Morgan fingerprint density at radius 3 is 2.18 bits per heavy atom. The number of carbonyl (C=O) groups excluding carboxylic acids is 3. The molecule has 4 rings (SSSR count). The van der Waals surface area contributed by atoms with Crippen molar-refractivity contribution in [1.82, 2.24) is 5.06 Å². The number of aliphatic hydroxyl groups is 1. The number of benzene rings is 2. The summed E-state index contributed by atoms with van der Waals surface area (Å²) in [6.07, 6.45) is 12.0. The predicted octanol–water partition coefficient (Wildman–Crippen LogP) is 4.54. The third kappa shape index (κ3) is 13.8. The van der Waals surface area contributed by atoms with Gasteiger partial charge in [-0.05, 0) is 106 Å². The molecule has 66 heavy (non-hydrogen) atoms. The fourth-order valence-electron chi connectivity index (χ4n) is 8.00. The number of hydrogen-bond donors (Lipinski definition) is 4. The topological polar surface area (TPSA) is 281 Å². The number of carbonyl (C=O) groups is 3. The van der Waals surface area contributed by atoms with E-state index < -0.39 is 64.7 Å². The monoisotopic (exact) mass is 979 g/mol. The zero-order chi connectivity index (χ0) is 49.1. The predicted molar refractivity (Wildman–Crippen MR) is 244 cm³/mol. The molecule has 2 heterocycles. The van der Waals surface area contributed by atoms with E-state index >= 15 is 0 Å². The fourth-order valence-corrected chi connectivity index (χ4v) is 9.75. The standard InChI is InChI=1S/C44H57N3O16S3/c1-31-28-32(2)37(66(58,59)60)30-34(31)43(3,19-11-27-64(52,53)54)38(45-21-23-48)12-9-7-6-8-10-13-39-44(4,20-25-61-5)35-29-33(65(55,56)57)14-15-36(35)46(39)22-26-62-24-18-42(51)63-47-40(49)16-17-41(47)50/h6-10,12-15,28-30,48H,11,16-27H2,1-5H3,(H,52,53,54)(H,55,56,57)(H,58,59,60)/b7-6+,10-8+,12-9+,39-13+,45-38+. The average molecular weight is 980 g/mol. The van der Waals surface area contributed by atoms with Crippen LogP contribution in [0.2, 0.25) is 0 Å². The maximum atomic E-state index is 12.3. The summed E-state index contributed by atoms with van der Waals surface area (Å²) in [5.41, 5.74) is 1.62. The Balaban J connectivity index is 1.64. The molecule has 2 aromatic rings. The second-order valence-electron chi connectivity index (χ2n) is 16.1. The Bertz CT molecular complexity index is 2620. The highest BCUT2D eigenvalue weighted by Gasteiger charge is 2.44. The second kappa shape index (κ2) is 22.7. The van der Waals surface area contributed by atoms with Gasteiger partial charge in [-0.15, -0.1) is 5.06 Å². The van der Waals surface area contributed by atoms with Crippen molar-refractivity contribution in [3.05, 3.63) is 101 Å². The molecule has 0 aliphatic carbocycles. The van der Waals surface area contributed by atoms with Crippen LogP contribution in [0.3, 0.4) is 0 Å². The van der Waals surface area contributed by atoms with Crippen molar-refractivity contribution >= 4 is 59.5 Å². The Kier molecular flexibility index (Phi) is 18.5. The van der Waals surface area contributed by atoms with Crippen LogP contribution in [0.1, 0.15) is 74.6 Å². The molecule has 22 heteroatoms. The first-order valence-corrected chi connectivity index (χ1v) is 25.3. The van der Waals surface area contributed by atoms with Gasteiger partial charge in [0.2, 0.25) is 0 Å². The number of amides is 2. The van der Waals surface area contributed by atoms with Crippen LogP contribution >= 0.6 is 0 Å². The first-order chi connectivity index (χ1) is 30.9. The van der Waals surface area contributed by atoms with E-state index in [9.17, 15) is 58.4 Å². The first kappa shape index (κ1) is 53.7. The highest BCUT2D eigenvalue weighted by Crippen LogP contribution is 2.50. The lowest BCUT2D eigenvalue weighted by molar-refractivity contribution is -0.198. The minimum Gasteiger partial charge on any atom is -0.394 e. The van der Waals surface area contributed by atoms with Gasteiger partial charge in [0.25, 0.3) is 42.2 Å². The summed E-state index contributed by atoms with van der Waals surface area (Å²) in [6, 6.07) is 7.18. The molecule has 0 spiro atoms. The molecule has 19 nitrogen and oxygen atoms in total. The lowest BCUT2D eigenvalue weighted by Gasteiger charge is -2.33. The SMILES string of the molecule is COCCC1(C)\C(=C/C=C/C=C/C=C/C(=N\CCO)C(C)(CCCS(=O)(=O)O)c2cc(S(=O)(=O)O)c(C)cc2C)N(CCOCCC(=O)ON2C(=O)CCC2=O)c2ccc(S(=O)(=O)O)cc21. The van der Waals surface area contributed by atoms with E-state index in [2.05, 4.69) is 4.99 Å². The summed E-state index contributed by atoms with van der Waals surface area (Å²) >= 11 is 0. The van der Waals surface area contributed by atoms with Gasteiger partial charge in [0.1, 0.15) is 0 Å². The third-order valence-corrected chi connectivity index (χ3v) is 13.9. The maximum absolute atomic E-state index is 12.3. The van der Waals surface area contributed by atoms with E-state index in [-0.39, 0.29) is 81.4 Å². The smallest absolute Gasteiger partial charge is 0.335 e. The van der Waals surface area contributed by atoms with E-state index in [1.165, 1.54) is 32.2 Å². The minimum absolute atomic E-state index is 0.0396. The summed E-state index contributed by atoms with van der Waals surface area (Å²) in [7, 11) is -12.0. The van der Waals surface area contributed by atoms with Crippen LogP contribution in [0, 0.1) is 13.8 Å². The number of fused-ring (bicyclic) bond motifs is 1. The summed E-state index contributed by atoms with van der Waals surface area (Å²) < 4.78 is 113. The van der Waals surface area contributed by atoms with E-state index in [0.29, 0.717) is 50.8 Å². The van der Waals surface area contributed by atoms with Gasteiger partial charge in [-0.1, -0.05) is 36.4 Å². The first-order valence-electron chi connectivity index (χ1n) is 20.8. The number of anilines is 1. The number of aliphatic hydroxyl groups excluding tert-OH is 1. The number of methoxy groups -OCH3 is 1. The summed E-state index contributed by atoms with van der Waals surface area (Å²) in [4.78, 5) is 46.7. The van der Waals surface area contributed by atoms with Crippen molar-refractivity contribution in [2.45, 2.75) is 86.8 Å². The van der Waals surface area contributed by atoms with Crippen LogP contribution < -0.4 is 4.90 Å². The van der Waals surface area contributed by atoms with Crippen molar-refractivity contribution in [3.63, 3.8) is 0 Å². The molecule has 1 fully saturated rings. The highest BCUT2D eigenvalue weighted by molar-refractivity contribution is 7.86. The fraction of sp³-hybridized carbons (Fsp3) is 0.455. The highest BCUT2D eigenvalue weighted by atomic mass is 32.2. The van der Waals surface area contributed by atoms with Crippen molar-refractivity contribution in [2.24, 2.45) is 4.99 Å². The molecule has 2 aromatic carbocycles. The largest absolute Gasteiger partial charge is 0.394 e. The van der Waals surface area contributed by atoms with Gasteiger partial charge < -0.3 is 24.3 Å². The number of hydroxylamine groups is 2. The molecule has 0 saturated carbocycles. The normalized spacial score (nSPS) is 19.0. The molecule has 0 radical (unpaired) electrons. The summed E-state index contributed by atoms with van der Waals surface area (Å²) in [5.74, 6) is -2.61. The van der Waals surface area contributed by atoms with Gasteiger partial charge in [-0.2, -0.15) is 25.3 Å². The van der Waals surface area contributed by atoms with Gasteiger partial charge in [0, 0.05) is 61.0 Å². The Morgan fingerprint density at radius 1 is 0.894 bits per heavy atom. The quantitative estimate of drug-likeness (QED) is 0.0369. The van der Waals surface area contributed by atoms with Crippen LogP contribution in [0.25, 0.3) is 0 Å². The van der Waals surface area contributed by atoms with E-state index in [1.54, 1.807) is 62.4 Å². The number of aryl methyl sites for hydroxylation is 2. The van der Waals surface area contributed by atoms with Crippen LogP contribution in [0.5, 0.6) is 0 Å². The Labute approximate surface area is 385 Å². The zero-order valence-electron chi connectivity index (χ0n) is 37.4. The Morgan fingerprint density at radius 2 is 1.56 bits per heavy atom. The number of imide groups is 1. The molecule has 0 bridgehead atoms. The number of hydrogen-bond acceptors (Lipinski definition) is 15. The second-order valence-corrected chi connectivity index (χ2v) is 20.5. The molecule has 1 saturated heterocycles. The number of allylic oxidation sites excluding steroid dienone is 8. The number of aliphatic imine (C=N–C) groups is 1.